The van der Waals surface area contributed by atoms with E-state index in [9.17, 15) is 19.3 Å². The quantitative estimate of drug-likeness (QED) is 0.369. The van der Waals surface area contributed by atoms with E-state index < -0.39 is 16.7 Å². The maximum Gasteiger partial charge on any atom is 0.355 e. The van der Waals surface area contributed by atoms with Crippen molar-refractivity contribution < 1.29 is 18.8 Å². The van der Waals surface area contributed by atoms with E-state index in [2.05, 4.69) is 4.74 Å². The highest BCUT2D eigenvalue weighted by atomic mass is 19.1. The number of carbonyl (C=O) groups excluding carboxylic acids is 1. The summed E-state index contributed by atoms with van der Waals surface area (Å²) in [5, 5.41) is 11.1. The lowest BCUT2D eigenvalue weighted by Crippen LogP contribution is -2.10. The standard InChI is InChI=1S/C13H12BFN2O4/c1-14-8-5-12(13(18)21-2)16(7-8)11-6-9(15)3-4-10(11)17(19)20/h3-7,14H,1-2H3. The molecule has 0 saturated carbocycles. The fourth-order valence-electron chi connectivity index (χ4n) is 2.02. The number of halogens is 1. The molecule has 1 aromatic heterocycles. The number of esters is 1. The highest BCUT2D eigenvalue weighted by molar-refractivity contribution is 6.52. The molecular formula is C13H12BFN2O4. The van der Waals surface area contributed by atoms with Crippen molar-refractivity contribution in [2.24, 2.45) is 0 Å². The number of nitro benzene ring substituents is 1. The Morgan fingerprint density at radius 2 is 2.14 bits per heavy atom. The molecule has 2 aromatic rings. The van der Waals surface area contributed by atoms with Crippen molar-refractivity contribution in [1.82, 2.24) is 4.57 Å². The molecule has 6 nitrogen and oxygen atoms in total. The Labute approximate surface area is 120 Å². The van der Waals surface area contributed by atoms with Gasteiger partial charge < -0.3 is 9.30 Å². The van der Waals surface area contributed by atoms with Crippen LogP contribution in [-0.2, 0) is 4.74 Å². The van der Waals surface area contributed by atoms with Gasteiger partial charge in [0.2, 0.25) is 0 Å². The summed E-state index contributed by atoms with van der Waals surface area (Å²) in [7, 11) is 1.84. The highest BCUT2D eigenvalue weighted by Crippen LogP contribution is 2.25. The molecule has 0 aliphatic heterocycles. The lowest BCUT2D eigenvalue weighted by atomic mass is 9.75. The number of nitrogens with zero attached hydrogens (tertiary/aromatic N) is 2. The normalized spacial score (nSPS) is 10.2. The van der Waals surface area contributed by atoms with Crippen LogP contribution in [0, 0.1) is 15.9 Å². The first-order valence-corrected chi connectivity index (χ1v) is 6.21. The predicted molar refractivity (Wildman–Crippen MR) is 76.4 cm³/mol. The zero-order valence-corrected chi connectivity index (χ0v) is 11.5. The fourth-order valence-corrected chi connectivity index (χ4v) is 2.02. The van der Waals surface area contributed by atoms with Crippen molar-refractivity contribution >= 4 is 24.4 Å². The summed E-state index contributed by atoms with van der Waals surface area (Å²) in [5.74, 6) is -1.27. The summed E-state index contributed by atoms with van der Waals surface area (Å²) in [6.45, 7) is 1.88. The molecule has 0 spiro atoms. The molecule has 0 aliphatic carbocycles. The number of nitro groups is 1. The van der Waals surface area contributed by atoms with Gasteiger partial charge in [-0.2, -0.15) is 0 Å². The fraction of sp³-hybridized carbons (Fsp3) is 0.154. The van der Waals surface area contributed by atoms with Crippen LogP contribution in [0.15, 0.2) is 30.5 Å². The summed E-state index contributed by atoms with van der Waals surface area (Å²) in [4.78, 5) is 22.3. The number of ether oxygens (including phenoxy) is 1. The molecule has 8 heteroatoms. The lowest BCUT2D eigenvalue weighted by molar-refractivity contribution is -0.384. The zero-order valence-electron chi connectivity index (χ0n) is 11.5. The van der Waals surface area contributed by atoms with Gasteiger partial charge in [0, 0.05) is 18.3 Å². The van der Waals surface area contributed by atoms with Crippen molar-refractivity contribution in [1.29, 1.82) is 0 Å². The number of hydrogen-bond donors (Lipinski definition) is 0. The van der Waals surface area contributed by atoms with Crippen LogP contribution < -0.4 is 5.46 Å². The molecule has 0 atom stereocenters. The second kappa shape index (κ2) is 5.78. The maximum atomic E-state index is 13.4. The Kier molecular flexibility index (Phi) is 4.06. The maximum absolute atomic E-state index is 13.4. The monoisotopic (exact) mass is 290 g/mol. The molecule has 21 heavy (non-hydrogen) atoms. The van der Waals surface area contributed by atoms with Gasteiger partial charge in [-0.05, 0) is 12.1 Å². The molecule has 0 aliphatic rings. The average Bonchev–Trinajstić information content (AvgIpc) is 2.90. The summed E-state index contributed by atoms with van der Waals surface area (Å²) < 4.78 is 19.4. The Morgan fingerprint density at radius 1 is 1.43 bits per heavy atom. The van der Waals surface area contributed by atoms with Crippen LogP contribution in [0.2, 0.25) is 6.82 Å². The number of aromatic nitrogens is 1. The van der Waals surface area contributed by atoms with Crippen molar-refractivity contribution in [3.05, 3.63) is 52.1 Å². The Hall–Kier alpha value is -2.64. The number of benzene rings is 1. The molecule has 1 aromatic carbocycles. The Morgan fingerprint density at radius 3 is 2.71 bits per heavy atom. The molecule has 0 saturated heterocycles. The minimum Gasteiger partial charge on any atom is -0.464 e. The van der Waals surface area contributed by atoms with E-state index in [-0.39, 0.29) is 17.1 Å². The lowest BCUT2D eigenvalue weighted by Gasteiger charge is -2.08. The first-order chi connectivity index (χ1) is 9.97. The van der Waals surface area contributed by atoms with Crippen LogP contribution in [0.4, 0.5) is 10.1 Å². The SMILES string of the molecule is CBc1cc(C(=O)OC)n(-c2cc(F)ccc2[N+](=O)[O-])c1. The number of carbonyl (C=O) groups is 1. The molecule has 0 bridgehead atoms. The topological polar surface area (TPSA) is 74.4 Å². The summed E-state index contributed by atoms with van der Waals surface area (Å²) >= 11 is 0. The summed E-state index contributed by atoms with van der Waals surface area (Å²) in [6.07, 6.45) is 1.56. The minimum absolute atomic E-state index is 0.0138. The highest BCUT2D eigenvalue weighted by Gasteiger charge is 2.22. The third kappa shape index (κ3) is 2.79. The molecule has 2 rings (SSSR count). The van der Waals surface area contributed by atoms with Gasteiger partial charge in [0.1, 0.15) is 17.2 Å². The van der Waals surface area contributed by atoms with Crippen LogP contribution in [-0.4, -0.2) is 29.8 Å². The summed E-state index contributed by atoms with van der Waals surface area (Å²) in [5.41, 5.74) is 0.594. The van der Waals surface area contributed by atoms with Crippen LogP contribution in [0.25, 0.3) is 5.69 Å². The molecule has 0 amide bonds. The average molecular weight is 290 g/mol. The van der Waals surface area contributed by atoms with E-state index in [4.69, 9.17) is 0 Å². The van der Waals surface area contributed by atoms with Gasteiger partial charge >= 0.3 is 5.97 Å². The van der Waals surface area contributed by atoms with E-state index in [0.717, 1.165) is 23.7 Å². The first-order valence-electron chi connectivity index (χ1n) is 6.21. The molecular weight excluding hydrogens is 278 g/mol. The van der Waals surface area contributed by atoms with Crippen LogP contribution in [0.1, 0.15) is 10.5 Å². The Balaban J connectivity index is 2.71. The molecule has 108 valence electrons. The van der Waals surface area contributed by atoms with E-state index in [0.29, 0.717) is 7.28 Å². The van der Waals surface area contributed by atoms with Crippen LogP contribution in [0.3, 0.4) is 0 Å². The van der Waals surface area contributed by atoms with Gasteiger partial charge in [-0.1, -0.05) is 12.3 Å². The van der Waals surface area contributed by atoms with Crippen molar-refractivity contribution in [3.8, 4) is 5.69 Å². The molecule has 0 N–H and O–H groups in total. The minimum atomic E-state index is -0.645. The molecule has 1 heterocycles. The third-order valence-electron chi connectivity index (χ3n) is 3.07. The number of methoxy groups -OCH3 is 1. The molecule has 0 unspecified atom stereocenters. The Bertz CT molecular complexity index is 714. The van der Waals surface area contributed by atoms with Crippen LogP contribution >= 0.6 is 0 Å². The first kappa shape index (κ1) is 14.8. The van der Waals surface area contributed by atoms with Crippen molar-refractivity contribution in [2.45, 2.75) is 6.82 Å². The van der Waals surface area contributed by atoms with Crippen molar-refractivity contribution in [2.75, 3.05) is 7.11 Å². The third-order valence-corrected chi connectivity index (χ3v) is 3.07. The second-order valence-electron chi connectivity index (χ2n) is 4.34. The van der Waals surface area contributed by atoms with Gasteiger partial charge in [0.15, 0.2) is 7.28 Å². The smallest absolute Gasteiger partial charge is 0.355 e. The second-order valence-corrected chi connectivity index (χ2v) is 4.34. The number of rotatable bonds is 4. The summed E-state index contributed by atoms with van der Waals surface area (Å²) in [6, 6.07) is 4.66. The molecule has 0 fully saturated rings. The van der Waals surface area contributed by atoms with Gasteiger partial charge in [-0.15, -0.1) is 0 Å². The van der Waals surface area contributed by atoms with E-state index >= 15 is 0 Å². The predicted octanol–water partition coefficient (Wildman–Crippen LogP) is 1.42. The van der Waals surface area contributed by atoms with Crippen LogP contribution in [0.5, 0.6) is 0 Å². The van der Waals surface area contributed by atoms with E-state index in [1.807, 2.05) is 6.82 Å². The molecule has 0 radical (unpaired) electrons. The van der Waals surface area contributed by atoms with E-state index in [1.54, 1.807) is 12.3 Å². The van der Waals surface area contributed by atoms with Crippen molar-refractivity contribution in [3.63, 3.8) is 0 Å². The zero-order chi connectivity index (χ0) is 15.6. The number of hydrogen-bond acceptors (Lipinski definition) is 4. The largest absolute Gasteiger partial charge is 0.464 e. The van der Waals surface area contributed by atoms with Gasteiger partial charge in [0.25, 0.3) is 5.69 Å². The van der Waals surface area contributed by atoms with Gasteiger partial charge in [-0.3, -0.25) is 10.1 Å². The van der Waals surface area contributed by atoms with E-state index in [1.165, 1.54) is 11.7 Å². The van der Waals surface area contributed by atoms with Gasteiger partial charge in [-0.25, -0.2) is 9.18 Å². The van der Waals surface area contributed by atoms with Gasteiger partial charge in [0.05, 0.1) is 12.0 Å².